The van der Waals surface area contributed by atoms with Crippen LogP contribution in [-0.4, -0.2) is 68.8 Å². The van der Waals surface area contributed by atoms with Gasteiger partial charge in [-0.05, 0) is 55.0 Å². The monoisotopic (exact) mass is 504 g/mol. The Bertz CT molecular complexity index is 1270. The van der Waals surface area contributed by atoms with Gasteiger partial charge in [-0.3, -0.25) is 14.5 Å². The van der Waals surface area contributed by atoms with Crippen molar-refractivity contribution in [3.8, 4) is 5.13 Å². The maximum atomic E-state index is 5.88. The van der Waals surface area contributed by atoms with Crippen molar-refractivity contribution in [2.24, 2.45) is 0 Å². The fourth-order valence-corrected chi connectivity index (χ4v) is 6.33. The zero-order valence-electron chi connectivity index (χ0n) is 19.4. The number of rotatable bonds is 7. The summed E-state index contributed by atoms with van der Waals surface area (Å²) in [5, 5.41) is 5.33. The first-order chi connectivity index (χ1) is 17.3. The molecule has 0 aliphatic carbocycles. The van der Waals surface area contributed by atoms with Gasteiger partial charge in [-0.25, -0.2) is 4.98 Å². The highest BCUT2D eigenvalue weighted by Gasteiger charge is 2.41. The van der Waals surface area contributed by atoms with E-state index in [1.54, 1.807) is 11.3 Å². The van der Waals surface area contributed by atoms with E-state index in [0.29, 0.717) is 0 Å². The van der Waals surface area contributed by atoms with E-state index >= 15 is 0 Å². The third kappa shape index (κ3) is 4.56. The molecular formula is C26H28N6OS2. The van der Waals surface area contributed by atoms with Crippen LogP contribution in [0.5, 0.6) is 0 Å². The number of nitrogens with one attached hydrogen (secondary N) is 1. The molecule has 7 nitrogen and oxygen atoms in total. The number of ether oxygens (including phenoxy) is 1. The number of para-hydroxylation sites is 1. The predicted molar refractivity (Wildman–Crippen MR) is 143 cm³/mol. The van der Waals surface area contributed by atoms with E-state index in [4.69, 9.17) is 21.9 Å². The lowest BCUT2D eigenvalue weighted by Crippen LogP contribution is -2.39. The van der Waals surface area contributed by atoms with E-state index in [1.165, 1.54) is 10.4 Å². The highest BCUT2D eigenvalue weighted by molar-refractivity contribution is 7.80. The lowest BCUT2D eigenvalue weighted by Gasteiger charge is -2.30. The highest BCUT2D eigenvalue weighted by Crippen LogP contribution is 2.40. The van der Waals surface area contributed by atoms with Crippen molar-refractivity contribution in [1.82, 2.24) is 29.7 Å². The number of thiocarbonyl (C=S) groups is 1. The molecule has 0 radical (unpaired) electrons. The van der Waals surface area contributed by atoms with Crippen LogP contribution < -0.4 is 5.32 Å². The second-order valence-electron chi connectivity index (χ2n) is 8.89. The smallest absolute Gasteiger partial charge is 0.194 e. The van der Waals surface area contributed by atoms with Gasteiger partial charge in [0.2, 0.25) is 0 Å². The summed E-state index contributed by atoms with van der Waals surface area (Å²) < 4.78 is 8.91. The molecule has 180 valence electrons. The van der Waals surface area contributed by atoms with Crippen LogP contribution in [0.4, 0.5) is 0 Å². The topological polar surface area (TPSA) is 58.5 Å². The van der Waals surface area contributed by atoms with Gasteiger partial charge < -0.3 is 15.0 Å². The average molecular weight is 505 g/mol. The van der Waals surface area contributed by atoms with E-state index < -0.39 is 0 Å². The van der Waals surface area contributed by atoms with Crippen molar-refractivity contribution in [2.75, 3.05) is 39.4 Å². The Kier molecular flexibility index (Phi) is 6.47. The molecule has 3 aromatic heterocycles. The molecule has 2 fully saturated rings. The van der Waals surface area contributed by atoms with Crippen LogP contribution in [0.15, 0.2) is 67.0 Å². The van der Waals surface area contributed by atoms with Crippen molar-refractivity contribution in [2.45, 2.75) is 18.5 Å². The number of fused-ring (bicyclic) bond motifs is 1. The third-order valence-corrected chi connectivity index (χ3v) is 8.13. The minimum Gasteiger partial charge on any atom is -0.379 e. The van der Waals surface area contributed by atoms with Crippen LogP contribution in [-0.2, 0) is 4.74 Å². The molecule has 1 aromatic carbocycles. The molecule has 2 atom stereocenters. The molecule has 5 heterocycles. The standard InChI is InChI=1S/C26H28N6OS2/c34-25-29-23(20-8-3-4-11-27-20)24(32(25)14-6-12-30-15-17-33-18-16-30)21-9-5-13-31(21)26-28-19-7-1-2-10-22(19)35-26/h1-5,7-11,13,23-24H,6,12,14-18H2,(H,29,34)/t23-,24+/m1/s1. The normalized spacial score (nSPS) is 21.0. The summed E-state index contributed by atoms with van der Waals surface area (Å²) >= 11 is 7.59. The van der Waals surface area contributed by atoms with Crippen LogP contribution in [0.2, 0.25) is 0 Å². The molecule has 0 saturated carbocycles. The van der Waals surface area contributed by atoms with Crippen molar-refractivity contribution in [3.05, 3.63) is 78.4 Å². The first-order valence-corrected chi connectivity index (χ1v) is 13.3. The fourth-order valence-electron chi connectivity index (χ4n) is 5.03. The predicted octanol–water partition coefficient (Wildman–Crippen LogP) is 4.18. The number of aromatic nitrogens is 3. The minimum atomic E-state index is -0.0323. The van der Waals surface area contributed by atoms with Crippen molar-refractivity contribution < 1.29 is 4.74 Å². The SMILES string of the molecule is S=C1N[C@H](c2ccccn2)[C@H](c2cccn2-c2nc3ccccc3s2)N1CCCN1CCOCC1. The van der Waals surface area contributed by atoms with Gasteiger partial charge in [0.15, 0.2) is 10.2 Å². The van der Waals surface area contributed by atoms with Crippen LogP contribution in [0.1, 0.15) is 29.9 Å². The Hall–Kier alpha value is -2.85. The Balaban J connectivity index is 1.33. The van der Waals surface area contributed by atoms with Crippen molar-refractivity contribution >= 4 is 38.9 Å². The van der Waals surface area contributed by atoms with Gasteiger partial charge in [0, 0.05) is 38.6 Å². The van der Waals surface area contributed by atoms with Crippen LogP contribution in [0, 0.1) is 0 Å². The minimum absolute atomic E-state index is 0.0177. The molecule has 4 aromatic rings. The summed E-state index contributed by atoms with van der Waals surface area (Å²) in [6.45, 7) is 5.57. The number of pyridine rings is 1. The molecule has 35 heavy (non-hydrogen) atoms. The molecule has 6 rings (SSSR count). The van der Waals surface area contributed by atoms with Gasteiger partial charge >= 0.3 is 0 Å². The molecule has 2 saturated heterocycles. The molecule has 0 bridgehead atoms. The number of nitrogens with zero attached hydrogens (tertiary/aromatic N) is 5. The van der Waals surface area contributed by atoms with Crippen LogP contribution in [0.25, 0.3) is 15.3 Å². The first kappa shape index (κ1) is 22.6. The molecule has 2 aliphatic rings. The van der Waals surface area contributed by atoms with Crippen molar-refractivity contribution in [3.63, 3.8) is 0 Å². The third-order valence-electron chi connectivity index (χ3n) is 6.75. The van der Waals surface area contributed by atoms with Crippen molar-refractivity contribution in [1.29, 1.82) is 0 Å². The van der Waals surface area contributed by atoms with E-state index in [9.17, 15) is 0 Å². The summed E-state index contributed by atoms with van der Waals surface area (Å²) in [4.78, 5) is 14.4. The maximum absolute atomic E-state index is 5.88. The Morgan fingerprint density at radius 1 is 1.03 bits per heavy atom. The van der Waals surface area contributed by atoms with Gasteiger partial charge in [0.1, 0.15) is 0 Å². The Morgan fingerprint density at radius 3 is 2.71 bits per heavy atom. The van der Waals surface area contributed by atoms with Gasteiger partial charge in [0.05, 0.1) is 46.9 Å². The number of hydrogen-bond acceptors (Lipinski definition) is 6. The highest BCUT2D eigenvalue weighted by atomic mass is 32.1. The van der Waals surface area contributed by atoms with Gasteiger partial charge in [-0.2, -0.15) is 0 Å². The summed E-state index contributed by atoms with van der Waals surface area (Å²) in [6.07, 6.45) is 5.00. The molecule has 0 unspecified atom stereocenters. The largest absolute Gasteiger partial charge is 0.379 e. The maximum Gasteiger partial charge on any atom is 0.194 e. The summed E-state index contributed by atoms with van der Waals surface area (Å²) in [5.41, 5.74) is 3.18. The average Bonchev–Trinajstić information content (AvgIpc) is 3.62. The zero-order valence-corrected chi connectivity index (χ0v) is 21.0. The second-order valence-corrected chi connectivity index (χ2v) is 10.3. The molecular weight excluding hydrogens is 476 g/mol. The molecule has 9 heteroatoms. The number of hydrogen-bond donors (Lipinski definition) is 1. The molecule has 0 spiro atoms. The lowest BCUT2D eigenvalue weighted by molar-refractivity contribution is 0.0365. The van der Waals surface area contributed by atoms with Gasteiger partial charge in [-0.15, -0.1) is 0 Å². The van der Waals surface area contributed by atoms with Gasteiger partial charge in [-0.1, -0.05) is 29.5 Å². The van der Waals surface area contributed by atoms with Crippen LogP contribution >= 0.6 is 23.6 Å². The summed E-state index contributed by atoms with van der Waals surface area (Å²) in [6, 6.07) is 18.6. The second kappa shape index (κ2) is 10.0. The summed E-state index contributed by atoms with van der Waals surface area (Å²) in [5.74, 6) is 0. The molecule has 2 aliphatic heterocycles. The van der Waals surface area contributed by atoms with Crippen LogP contribution in [0.3, 0.4) is 0 Å². The van der Waals surface area contributed by atoms with Gasteiger partial charge in [0.25, 0.3) is 0 Å². The molecule has 1 N–H and O–H groups in total. The van der Waals surface area contributed by atoms with E-state index in [-0.39, 0.29) is 12.1 Å². The fraction of sp³-hybridized carbons (Fsp3) is 0.346. The van der Waals surface area contributed by atoms with E-state index in [0.717, 1.165) is 67.3 Å². The lowest BCUT2D eigenvalue weighted by atomic mass is 10.0. The number of benzene rings is 1. The Labute approximate surface area is 214 Å². The zero-order chi connectivity index (χ0) is 23.6. The Morgan fingerprint density at radius 2 is 1.89 bits per heavy atom. The van der Waals surface area contributed by atoms with E-state index in [1.807, 2.05) is 24.4 Å². The first-order valence-electron chi connectivity index (χ1n) is 12.1. The number of thiazole rings is 1. The molecule has 0 amide bonds. The number of morpholine rings is 1. The summed E-state index contributed by atoms with van der Waals surface area (Å²) in [7, 11) is 0. The quantitative estimate of drug-likeness (QED) is 0.379. The van der Waals surface area contributed by atoms with E-state index in [2.05, 4.69) is 67.3 Å².